The molecule has 0 aromatic heterocycles. The summed E-state index contributed by atoms with van der Waals surface area (Å²) >= 11 is 0. The first kappa shape index (κ1) is 15.0. The predicted molar refractivity (Wildman–Crippen MR) is 91.1 cm³/mol. The Morgan fingerprint density at radius 1 is 0.750 bits per heavy atom. The number of likely N-dealkylation sites (N-methyl/N-ethyl adjacent to an activating group) is 1. The van der Waals surface area contributed by atoms with Crippen molar-refractivity contribution in [3.63, 3.8) is 0 Å². The van der Waals surface area contributed by atoms with E-state index >= 15 is 0 Å². The molecule has 2 heteroatoms. The lowest BCUT2D eigenvalue weighted by atomic mass is 9.99. The van der Waals surface area contributed by atoms with Crippen molar-refractivity contribution >= 4 is 7.92 Å². The summed E-state index contributed by atoms with van der Waals surface area (Å²) in [4.78, 5) is 2.46. The van der Waals surface area contributed by atoms with Gasteiger partial charge in [-0.1, -0.05) is 58.6 Å². The molecular formula is C18H32NP. The van der Waals surface area contributed by atoms with E-state index in [0.717, 1.165) is 23.0 Å². The first-order valence-electron chi connectivity index (χ1n) is 8.89. The molecule has 3 rings (SSSR count). The van der Waals surface area contributed by atoms with Crippen LogP contribution in [0.2, 0.25) is 0 Å². The fraction of sp³-hybridized carbons (Fsp3) is 0.889. The van der Waals surface area contributed by atoms with Gasteiger partial charge in [0, 0.05) is 11.7 Å². The van der Waals surface area contributed by atoms with Crippen molar-refractivity contribution in [2.45, 2.75) is 87.2 Å². The molecule has 0 radical (unpaired) electrons. The summed E-state index contributed by atoms with van der Waals surface area (Å²) in [5.41, 5.74) is 3.12. The highest BCUT2D eigenvalue weighted by atomic mass is 31.1. The minimum atomic E-state index is 0.228. The van der Waals surface area contributed by atoms with Gasteiger partial charge in [0.15, 0.2) is 0 Å². The van der Waals surface area contributed by atoms with Crippen molar-refractivity contribution in [2.24, 2.45) is 0 Å². The van der Waals surface area contributed by atoms with Crippen LogP contribution in [0.25, 0.3) is 0 Å². The van der Waals surface area contributed by atoms with Crippen molar-refractivity contribution in [3.8, 4) is 0 Å². The molecule has 3 aliphatic carbocycles. The molecule has 114 valence electrons. The Bertz CT molecular complexity index is 308. The average Bonchev–Trinajstić information content (AvgIpc) is 2.44. The molecular weight excluding hydrogens is 261 g/mol. The van der Waals surface area contributed by atoms with Gasteiger partial charge in [0.25, 0.3) is 0 Å². The number of nitrogens with zero attached hydrogens (tertiary/aromatic N) is 1. The van der Waals surface area contributed by atoms with Gasteiger partial charge in [-0.2, -0.15) is 0 Å². The van der Waals surface area contributed by atoms with E-state index in [2.05, 4.69) is 31.1 Å². The molecule has 0 saturated heterocycles. The van der Waals surface area contributed by atoms with Gasteiger partial charge in [0.05, 0.1) is 0 Å². The molecule has 0 bridgehead atoms. The normalized spacial score (nSPS) is 32.8. The summed E-state index contributed by atoms with van der Waals surface area (Å²) in [6, 6.07) is 0.755. The summed E-state index contributed by atoms with van der Waals surface area (Å²) in [6.07, 6.45) is 20.3. The zero-order valence-corrected chi connectivity index (χ0v) is 14.3. The van der Waals surface area contributed by atoms with Crippen LogP contribution in [0, 0.1) is 0 Å². The van der Waals surface area contributed by atoms with Crippen LogP contribution in [-0.4, -0.2) is 42.0 Å². The van der Waals surface area contributed by atoms with E-state index in [0.29, 0.717) is 0 Å². The highest BCUT2D eigenvalue weighted by molar-refractivity contribution is 7.60. The summed E-state index contributed by atoms with van der Waals surface area (Å²) in [6.45, 7) is 0. The van der Waals surface area contributed by atoms with Gasteiger partial charge >= 0.3 is 0 Å². The number of hydrogen-bond donors (Lipinski definition) is 0. The van der Waals surface area contributed by atoms with Crippen LogP contribution < -0.4 is 0 Å². The van der Waals surface area contributed by atoms with Gasteiger partial charge in [-0.3, -0.25) is 0 Å². The summed E-state index contributed by atoms with van der Waals surface area (Å²) in [5.74, 6) is 0. The first-order chi connectivity index (χ1) is 9.77. The first-order valence-corrected chi connectivity index (χ1v) is 10.4. The average molecular weight is 293 g/mol. The standard InChI is InChI=1S/C18H32NP/c1-19(2)17-13-14-18(17)20(15-9-5-3-6-10-15)16-11-7-4-8-12-16/h13-18H,3-12H2,1-2H3. The molecule has 1 nitrogen and oxygen atoms in total. The molecule has 0 heterocycles. The molecule has 3 aliphatic rings. The second kappa shape index (κ2) is 6.93. The molecule has 2 saturated carbocycles. The van der Waals surface area contributed by atoms with E-state index in [1.165, 1.54) is 38.5 Å². The molecule has 2 fully saturated rings. The molecule has 0 aromatic carbocycles. The van der Waals surface area contributed by atoms with Gasteiger partial charge in [-0.25, -0.2) is 0 Å². The Hall–Kier alpha value is 0.130. The topological polar surface area (TPSA) is 3.24 Å². The van der Waals surface area contributed by atoms with E-state index in [4.69, 9.17) is 0 Å². The summed E-state index contributed by atoms with van der Waals surface area (Å²) in [5, 5.41) is 0. The van der Waals surface area contributed by atoms with E-state index < -0.39 is 0 Å². The third-order valence-corrected chi connectivity index (χ3v) is 9.67. The summed E-state index contributed by atoms with van der Waals surface area (Å²) < 4.78 is 0. The van der Waals surface area contributed by atoms with Crippen LogP contribution in [0.1, 0.15) is 64.2 Å². The van der Waals surface area contributed by atoms with Crippen LogP contribution in [0.4, 0.5) is 0 Å². The third-order valence-electron chi connectivity index (χ3n) is 5.79. The van der Waals surface area contributed by atoms with Crippen LogP contribution in [-0.2, 0) is 0 Å². The smallest absolute Gasteiger partial charge is 0.0374 e. The molecule has 0 aromatic rings. The molecule has 2 atom stereocenters. The van der Waals surface area contributed by atoms with Gasteiger partial charge in [-0.05, 0) is 51.1 Å². The van der Waals surface area contributed by atoms with Gasteiger partial charge in [0.1, 0.15) is 0 Å². The predicted octanol–water partition coefficient (Wildman–Crippen LogP) is 5.00. The molecule has 0 spiro atoms. The highest BCUT2D eigenvalue weighted by Crippen LogP contribution is 2.62. The Labute approximate surface area is 126 Å². The second-order valence-electron chi connectivity index (χ2n) is 7.36. The highest BCUT2D eigenvalue weighted by Gasteiger charge is 2.41. The van der Waals surface area contributed by atoms with Gasteiger partial charge in [-0.15, -0.1) is 0 Å². The molecule has 20 heavy (non-hydrogen) atoms. The Balaban J connectivity index is 1.74. The quantitative estimate of drug-likeness (QED) is 0.520. The second-order valence-corrected chi connectivity index (χ2v) is 10.3. The molecule has 0 N–H and O–H groups in total. The fourth-order valence-electron chi connectivity index (χ4n) is 4.61. The maximum absolute atomic E-state index is 2.58. The van der Waals surface area contributed by atoms with Crippen molar-refractivity contribution in [1.29, 1.82) is 0 Å². The van der Waals surface area contributed by atoms with Crippen LogP contribution in [0.5, 0.6) is 0 Å². The number of rotatable bonds is 4. The van der Waals surface area contributed by atoms with Crippen molar-refractivity contribution in [3.05, 3.63) is 12.2 Å². The number of hydrogen-bond acceptors (Lipinski definition) is 1. The Morgan fingerprint density at radius 2 is 1.25 bits per heavy atom. The van der Waals surface area contributed by atoms with Crippen LogP contribution in [0.3, 0.4) is 0 Å². The lowest BCUT2D eigenvalue weighted by molar-refractivity contribution is 0.327. The fourth-order valence-corrected chi connectivity index (χ4v) is 9.12. The lowest BCUT2D eigenvalue weighted by Crippen LogP contribution is -2.44. The Kier molecular flexibility index (Phi) is 5.21. The van der Waals surface area contributed by atoms with Crippen molar-refractivity contribution in [1.82, 2.24) is 4.90 Å². The SMILES string of the molecule is CN(C)C1C=CC1P(C1CCCCC1)C1CCCCC1. The molecule has 0 aliphatic heterocycles. The Morgan fingerprint density at radius 3 is 1.60 bits per heavy atom. The third kappa shape index (κ3) is 3.14. The van der Waals surface area contributed by atoms with Crippen LogP contribution >= 0.6 is 7.92 Å². The molecule has 2 unspecified atom stereocenters. The van der Waals surface area contributed by atoms with Crippen molar-refractivity contribution < 1.29 is 0 Å². The van der Waals surface area contributed by atoms with E-state index in [1.54, 1.807) is 25.7 Å². The molecule has 0 amide bonds. The maximum Gasteiger partial charge on any atom is 0.0374 e. The minimum Gasteiger partial charge on any atom is -0.302 e. The van der Waals surface area contributed by atoms with Crippen LogP contribution in [0.15, 0.2) is 12.2 Å². The lowest BCUT2D eigenvalue weighted by Gasteiger charge is -2.48. The monoisotopic (exact) mass is 293 g/mol. The maximum atomic E-state index is 2.58. The zero-order valence-electron chi connectivity index (χ0n) is 13.4. The van der Waals surface area contributed by atoms with Gasteiger partial charge < -0.3 is 4.90 Å². The van der Waals surface area contributed by atoms with E-state index in [1.807, 2.05) is 0 Å². The largest absolute Gasteiger partial charge is 0.302 e. The van der Waals surface area contributed by atoms with E-state index in [-0.39, 0.29) is 7.92 Å². The zero-order chi connectivity index (χ0) is 13.9. The summed E-state index contributed by atoms with van der Waals surface area (Å²) in [7, 11) is 4.78. The minimum absolute atomic E-state index is 0.228. The van der Waals surface area contributed by atoms with Crippen molar-refractivity contribution in [2.75, 3.05) is 14.1 Å². The van der Waals surface area contributed by atoms with Gasteiger partial charge in [0.2, 0.25) is 0 Å². The van der Waals surface area contributed by atoms with E-state index in [9.17, 15) is 0 Å².